The summed E-state index contributed by atoms with van der Waals surface area (Å²) in [5, 5.41) is 3.55. The molecular formula is C19H17N5O3S2. The van der Waals surface area contributed by atoms with Crippen molar-refractivity contribution in [2.75, 3.05) is 11.1 Å². The highest BCUT2D eigenvalue weighted by Gasteiger charge is 2.21. The van der Waals surface area contributed by atoms with Gasteiger partial charge in [0.1, 0.15) is 10.7 Å². The maximum Gasteiger partial charge on any atom is 0.323 e. The first-order chi connectivity index (χ1) is 14.1. The van der Waals surface area contributed by atoms with Crippen molar-refractivity contribution >= 4 is 55.9 Å². The molecule has 4 aromatic rings. The maximum absolute atomic E-state index is 12.5. The number of carbonyl (C=O) groups excluding carboxylic acids is 1. The number of carbonyl (C=O) groups is 1. The number of amides is 1. The van der Waals surface area contributed by atoms with E-state index in [0.29, 0.717) is 28.3 Å². The molecule has 3 heterocycles. The zero-order valence-electron chi connectivity index (χ0n) is 15.3. The molecule has 0 saturated heterocycles. The van der Waals surface area contributed by atoms with Crippen molar-refractivity contribution in [2.24, 2.45) is 0 Å². The largest absolute Gasteiger partial charge is 0.325 e. The molecule has 1 aromatic carbocycles. The molecule has 0 aliphatic heterocycles. The first kappa shape index (κ1) is 18.2. The molecule has 0 fully saturated rings. The van der Waals surface area contributed by atoms with E-state index in [4.69, 9.17) is 0 Å². The van der Waals surface area contributed by atoms with E-state index in [1.807, 2.05) is 0 Å². The van der Waals surface area contributed by atoms with Crippen LogP contribution in [0.3, 0.4) is 0 Å². The standard InChI is InChI=1S/C19H17N5O3S2/c25-15(20-9-4-5-11-12(6-9)22-19(27)21-11)8-28-7-14-23-17(26)16-10-2-1-3-13(10)29-18(16)24-14/h4-6H,1-3,7-8H2,(H,20,25)(H2,21,22,27)(H,23,24,26). The number of benzene rings is 1. The lowest BCUT2D eigenvalue weighted by atomic mass is 10.2. The molecule has 5 rings (SSSR count). The van der Waals surface area contributed by atoms with Crippen LogP contribution in [0.15, 0.2) is 27.8 Å². The third-order valence-electron chi connectivity index (χ3n) is 4.90. The van der Waals surface area contributed by atoms with Crippen molar-refractivity contribution in [3.05, 3.63) is 55.3 Å². The molecule has 1 amide bonds. The fraction of sp³-hybridized carbons (Fsp3) is 0.263. The van der Waals surface area contributed by atoms with Crippen LogP contribution in [0, 0.1) is 0 Å². The van der Waals surface area contributed by atoms with Gasteiger partial charge in [0.15, 0.2) is 0 Å². The summed E-state index contributed by atoms with van der Waals surface area (Å²) < 4.78 is 0. The van der Waals surface area contributed by atoms with Crippen LogP contribution in [0.5, 0.6) is 0 Å². The summed E-state index contributed by atoms with van der Waals surface area (Å²) in [5.74, 6) is 1.10. The highest BCUT2D eigenvalue weighted by molar-refractivity contribution is 7.99. The van der Waals surface area contributed by atoms with E-state index < -0.39 is 0 Å². The topological polar surface area (TPSA) is 123 Å². The van der Waals surface area contributed by atoms with Gasteiger partial charge in [-0.3, -0.25) is 9.59 Å². The van der Waals surface area contributed by atoms with Gasteiger partial charge in [0, 0.05) is 10.6 Å². The molecule has 10 heteroatoms. The van der Waals surface area contributed by atoms with Gasteiger partial charge in [0.25, 0.3) is 5.56 Å². The quantitative estimate of drug-likeness (QED) is 0.390. The second-order valence-electron chi connectivity index (χ2n) is 6.93. The fourth-order valence-electron chi connectivity index (χ4n) is 3.66. The van der Waals surface area contributed by atoms with Crippen LogP contribution in [0.4, 0.5) is 5.69 Å². The number of aromatic amines is 3. The number of thiophene rings is 1. The highest BCUT2D eigenvalue weighted by Crippen LogP contribution is 2.34. The minimum atomic E-state index is -0.284. The lowest BCUT2D eigenvalue weighted by Gasteiger charge is -2.05. The van der Waals surface area contributed by atoms with Gasteiger partial charge in [-0.1, -0.05) is 0 Å². The summed E-state index contributed by atoms with van der Waals surface area (Å²) >= 11 is 3.00. The van der Waals surface area contributed by atoms with Gasteiger partial charge in [0.2, 0.25) is 5.91 Å². The molecule has 0 spiro atoms. The average molecular weight is 428 g/mol. The van der Waals surface area contributed by atoms with Gasteiger partial charge in [-0.05, 0) is 43.0 Å². The Labute approximate surface area is 172 Å². The molecule has 0 atom stereocenters. The van der Waals surface area contributed by atoms with Gasteiger partial charge in [-0.25, -0.2) is 9.78 Å². The SMILES string of the molecule is O=C(CSCc1nc2sc3c(c2c(=O)[nH]1)CCC3)Nc1ccc2[nH]c(=O)[nH]c2c1. The molecule has 8 nitrogen and oxygen atoms in total. The molecule has 0 radical (unpaired) electrons. The van der Waals surface area contributed by atoms with E-state index in [1.54, 1.807) is 29.5 Å². The fourth-order valence-corrected chi connectivity index (χ4v) is 5.63. The van der Waals surface area contributed by atoms with Crippen molar-refractivity contribution in [3.8, 4) is 0 Å². The number of H-pyrrole nitrogens is 3. The van der Waals surface area contributed by atoms with Crippen molar-refractivity contribution in [2.45, 2.75) is 25.0 Å². The number of hydrogen-bond donors (Lipinski definition) is 4. The van der Waals surface area contributed by atoms with Gasteiger partial charge in [0.05, 0.1) is 27.9 Å². The summed E-state index contributed by atoms with van der Waals surface area (Å²) in [4.78, 5) is 50.8. The Bertz CT molecular complexity index is 1360. The molecule has 1 aliphatic carbocycles. The molecule has 3 aromatic heterocycles. The van der Waals surface area contributed by atoms with Crippen LogP contribution in [-0.4, -0.2) is 31.6 Å². The van der Waals surface area contributed by atoms with E-state index in [1.165, 1.54) is 16.6 Å². The first-order valence-corrected chi connectivity index (χ1v) is 11.2. The monoisotopic (exact) mass is 427 g/mol. The molecule has 29 heavy (non-hydrogen) atoms. The van der Waals surface area contributed by atoms with Crippen LogP contribution in [-0.2, 0) is 23.4 Å². The van der Waals surface area contributed by atoms with E-state index in [-0.39, 0.29) is 22.9 Å². The summed E-state index contributed by atoms with van der Waals surface area (Å²) in [5.41, 5.74) is 2.74. The average Bonchev–Trinajstić information content (AvgIpc) is 3.34. The van der Waals surface area contributed by atoms with Gasteiger partial charge < -0.3 is 20.3 Å². The lowest BCUT2D eigenvalue weighted by Crippen LogP contribution is -2.15. The smallest absolute Gasteiger partial charge is 0.323 e. The molecule has 0 unspecified atom stereocenters. The minimum Gasteiger partial charge on any atom is -0.325 e. The van der Waals surface area contributed by atoms with Crippen molar-refractivity contribution in [3.63, 3.8) is 0 Å². The highest BCUT2D eigenvalue weighted by atomic mass is 32.2. The number of rotatable bonds is 5. The first-order valence-electron chi connectivity index (χ1n) is 9.20. The number of hydrogen-bond acceptors (Lipinski definition) is 6. The molecule has 148 valence electrons. The Morgan fingerprint density at radius 1 is 1.17 bits per heavy atom. The lowest BCUT2D eigenvalue weighted by molar-refractivity contribution is -0.113. The van der Waals surface area contributed by atoms with Crippen LogP contribution in [0.25, 0.3) is 21.3 Å². The number of aryl methyl sites for hydroxylation is 2. The van der Waals surface area contributed by atoms with Crippen LogP contribution >= 0.6 is 23.1 Å². The van der Waals surface area contributed by atoms with Crippen LogP contribution in [0.2, 0.25) is 0 Å². The molecular weight excluding hydrogens is 410 g/mol. The van der Waals surface area contributed by atoms with Crippen LogP contribution in [0.1, 0.15) is 22.7 Å². The second kappa shape index (κ2) is 7.20. The van der Waals surface area contributed by atoms with Crippen LogP contribution < -0.4 is 16.6 Å². The number of nitrogens with zero attached hydrogens (tertiary/aromatic N) is 1. The third kappa shape index (κ3) is 3.49. The summed E-state index contributed by atoms with van der Waals surface area (Å²) in [6.45, 7) is 0. The maximum atomic E-state index is 12.5. The minimum absolute atomic E-state index is 0.0803. The predicted octanol–water partition coefficient (Wildman–Crippen LogP) is 2.51. The number of nitrogens with one attached hydrogen (secondary N) is 4. The summed E-state index contributed by atoms with van der Waals surface area (Å²) in [7, 11) is 0. The second-order valence-corrected chi connectivity index (χ2v) is 9.00. The van der Waals surface area contributed by atoms with Crippen molar-refractivity contribution in [1.82, 2.24) is 19.9 Å². The molecule has 4 N–H and O–H groups in total. The number of fused-ring (bicyclic) bond motifs is 4. The Hall–Kier alpha value is -2.85. The van der Waals surface area contributed by atoms with E-state index in [0.717, 1.165) is 35.0 Å². The molecule has 0 saturated carbocycles. The zero-order valence-corrected chi connectivity index (χ0v) is 16.9. The number of thioether (sulfide) groups is 1. The van der Waals surface area contributed by atoms with Crippen molar-refractivity contribution in [1.29, 1.82) is 0 Å². The molecule has 1 aliphatic rings. The van der Waals surface area contributed by atoms with E-state index in [2.05, 4.69) is 25.3 Å². The third-order valence-corrected chi connectivity index (χ3v) is 7.03. The number of anilines is 1. The Balaban J connectivity index is 1.23. The van der Waals surface area contributed by atoms with Crippen molar-refractivity contribution < 1.29 is 4.79 Å². The Morgan fingerprint density at radius 2 is 2.03 bits per heavy atom. The van der Waals surface area contributed by atoms with Gasteiger partial charge in [-0.2, -0.15) is 0 Å². The number of aromatic nitrogens is 4. The van der Waals surface area contributed by atoms with E-state index in [9.17, 15) is 14.4 Å². The Kier molecular flexibility index (Phi) is 4.51. The summed E-state index contributed by atoms with van der Waals surface area (Å²) in [6, 6.07) is 5.18. The van der Waals surface area contributed by atoms with Gasteiger partial charge in [-0.15, -0.1) is 23.1 Å². The normalized spacial score (nSPS) is 13.2. The molecule has 0 bridgehead atoms. The summed E-state index contributed by atoms with van der Waals surface area (Å²) in [6.07, 6.45) is 3.09. The van der Waals surface area contributed by atoms with E-state index >= 15 is 0 Å². The number of imidazole rings is 1. The Morgan fingerprint density at radius 3 is 2.93 bits per heavy atom. The predicted molar refractivity (Wildman–Crippen MR) is 116 cm³/mol. The van der Waals surface area contributed by atoms with Gasteiger partial charge >= 0.3 is 5.69 Å². The zero-order chi connectivity index (χ0) is 20.0.